The number of piperidine rings is 1. The van der Waals surface area contributed by atoms with Crippen LogP contribution in [-0.2, 0) is 19.5 Å². The highest BCUT2D eigenvalue weighted by atomic mass is 16.5. The first-order valence-corrected chi connectivity index (χ1v) is 11.1. The number of likely N-dealkylation sites (tertiary alicyclic amines) is 1. The van der Waals surface area contributed by atoms with Gasteiger partial charge in [-0.25, -0.2) is 0 Å². The van der Waals surface area contributed by atoms with Crippen molar-refractivity contribution in [2.45, 2.75) is 44.8 Å². The van der Waals surface area contributed by atoms with E-state index < -0.39 is 0 Å². The van der Waals surface area contributed by atoms with Gasteiger partial charge in [0.2, 0.25) is 0 Å². The van der Waals surface area contributed by atoms with Gasteiger partial charge in [0.1, 0.15) is 17.9 Å². The van der Waals surface area contributed by atoms with Crippen LogP contribution in [0.25, 0.3) is 0 Å². The third kappa shape index (κ3) is 3.78. The van der Waals surface area contributed by atoms with Gasteiger partial charge in [0.25, 0.3) is 5.56 Å². The van der Waals surface area contributed by atoms with Crippen molar-refractivity contribution in [3.05, 3.63) is 76.2 Å². The summed E-state index contributed by atoms with van der Waals surface area (Å²) in [6.45, 7) is 5.69. The molecule has 2 aliphatic rings. The van der Waals surface area contributed by atoms with Gasteiger partial charge in [-0.1, -0.05) is 18.2 Å². The second-order valence-corrected chi connectivity index (χ2v) is 8.70. The predicted octanol–water partition coefficient (Wildman–Crippen LogP) is 2.87. The molecule has 1 aromatic carbocycles. The van der Waals surface area contributed by atoms with Crippen molar-refractivity contribution in [1.29, 1.82) is 0 Å². The Labute approximate surface area is 182 Å². The molecule has 7 nitrogen and oxygen atoms in total. The topological polar surface area (TPSA) is 65.2 Å². The highest BCUT2D eigenvalue weighted by Gasteiger charge is 2.40. The summed E-state index contributed by atoms with van der Waals surface area (Å²) in [4.78, 5) is 15.4. The van der Waals surface area contributed by atoms with Crippen molar-refractivity contribution >= 4 is 0 Å². The molecular formula is C24H29N5O2. The number of hydrogen-bond acceptors (Lipinski definition) is 5. The maximum absolute atomic E-state index is 12.9. The number of pyridine rings is 1. The first-order chi connectivity index (χ1) is 15.2. The Morgan fingerprint density at radius 3 is 2.87 bits per heavy atom. The smallest absolute Gasteiger partial charge is 0.251 e. The lowest BCUT2D eigenvalue weighted by Gasteiger charge is -2.47. The molecule has 0 saturated carbocycles. The van der Waals surface area contributed by atoms with Crippen molar-refractivity contribution < 1.29 is 4.74 Å². The Morgan fingerprint density at radius 2 is 2.03 bits per heavy atom. The molecule has 3 aromatic rings. The molecule has 162 valence electrons. The summed E-state index contributed by atoms with van der Waals surface area (Å²) in [6, 6.07) is 14.1. The number of nitrogens with zero attached hydrogens (tertiary/aromatic N) is 5. The van der Waals surface area contributed by atoms with Gasteiger partial charge in [-0.2, -0.15) is 0 Å². The van der Waals surface area contributed by atoms with Crippen LogP contribution in [0.3, 0.4) is 0 Å². The molecule has 0 amide bonds. The lowest BCUT2D eigenvalue weighted by Crippen LogP contribution is -2.49. The molecule has 2 aliphatic heterocycles. The van der Waals surface area contributed by atoms with Crippen LogP contribution in [0.5, 0.6) is 5.75 Å². The zero-order valence-electron chi connectivity index (χ0n) is 18.1. The minimum absolute atomic E-state index is 0.110. The molecule has 1 saturated heterocycles. The van der Waals surface area contributed by atoms with Crippen molar-refractivity contribution in [2.24, 2.45) is 5.92 Å². The quantitative estimate of drug-likeness (QED) is 0.615. The van der Waals surface area contributed by atoms with Gasteiger partial charge in [-0.15, -0.1) is 10.2 Å². The number of aryl methyl sites for hydroxylation is 1. The number of aromatic nitrogens is 4. The second-order valence-electron chi connectivity index (χ2n) is 8.70. The van der Waals surface area contributed by atoms with Crippen LogP contribution in [0, 0.1) is 5.92 Å². The van der Waals surface area contributed by atoms with E-state index in [0.717, 1.165) is 50.6 Å². The summed E-state index contributed by atoms with van der Waals surface area (Å²) in [7, 11) is 1.69. The molecule has 31 heavy (non-hydrogen) atoms. The third-order valence-electron chi connectivity index (χ3n) is 6.85. The Morgan fingerprint density at radius 1 is 1.16 bits per heavy atom. The van der Waals surface area contributed by atoms with Crippen molar-refractivity contribution in [2.75, 3.05) is 20.2 Å². The fourth-order valence-corrected chi connectivity index (χ4v) is 5.43. The van der Waals surface area contributed by atoms with Crippen LogP contribution in [0.15, 0.2) is 53.6 Å². The Kier molecular flexibility index (Phi) is 5.36. The summed E-state index contributed by atoms with van der Waals surface area (Å²) in [5, 5.41) is 8.44. The molecule has 0 aliphatic carbocycles. The van der Waals surface area contributed by atoms with Gasteiger partial charge >= 0.3 is 0 Å². The fraction of sp³-hybridized carbons (Fsp3) is 0.458. The molecule has 4 heterocycles. The first kappa shape index (κ1) is 20.0. The van der Waals surface area contributed by atoms with E-state index in [1.54, 1.807) is 19.5 Å². The third-order valence-corrected chi connectivity index (χ3v) is 6.85. The predicted molar refractivity (Wildman–Crippen MR) is 118 cm³/mol. The Balaban J connectivity index is 1.47. The van der Waals surface area contributed by atoms with Crippen molar-refractivity contribution in [3.63, 3.8) is 0 Å². The standard InChI is InChI=1S/C24H29N5O2/c1-3-28-16-25-26-23(28)15-27-13-18-12-19(14-27)22(29-21(18)8-5-9-24(29)30)11-17-6-4-7-20(10-17)31-2/h4-10,16,18-19,22H,3,11-15H2,1-2H3/t18-,19+,22+/m1/s1. The lowest BCUT2D eigenvalue weighted by atomic mass is 9.76. The Bertz CT molecular complexity index is 1120. The summed E-state index contributed by atoms with van der Waals surface area (Å²) >= 11 is 0. The fourth-order valence-electron chi connectivity index (χ4n) is 5.43. The van der Waals surface area contributed by atoms with E-state index in [2.05, 4.69) is 49.4 Å². The van der Waals surface area contributed by atoms with Gasteiger partial charge < -0.3 is 13.9 Å². The summed E-state index contributed by atoms with van der Waals surface area (Å²) in [5.41, 5.74) is 2.48. The highest BCUT2D eigenvalue weighted by molar-refractivity contribution is 5.30. The summed E-state index contributed by atoms with van der Waals surface area (Å²) < 4.78 is 9.61. The normalized spacial score (nSPS) is 22.8. The van der Waals surface area contributed by atoms with Crippen LogP contribution in [0.1, 0.15) is 42.4 Å². The van der Waals surface area contributed by atoms with Crippen LogP contribution < -0.4 is 10.3 Å². The van der Waals surface area contributed by atoms with Crippen LogP contribution >= 0.6 is 0 Å². The number of rotatable bonds is 6. The van der Waals surface area contributed by atoms with E-state index in [4.69, 9.17) is 4.74 Å². The van der Waals surface area contributed by atoms with E-state index in [1.807, 2.05) is 18.2 Å². The van der Waals surface area contributed by atoms with Gasteiger partial charge in [-0.05, 0) is 49.4 Å². The van der Waals surface area contributed by atoms with Crippen LogP contribution in [0.4, 0.5) is 0 Å². The van der Waals surface area contributed by atoms with Crippen molar-refractivity contribution in [3.8, 4) is 5.75 Å². The Hall–Kier alpha value is -2.93. The second kappa shape index (κ2) is 8.30. The van der Waals surface area contributed by atoms with E-state index in [-0.39, 0.29) is 11.6 Å². The molecule has 2 bridgehead atoms. The zero-order valence-corrected chi connectivity index (χ0v) is 18.1. The number of benzene rings is 1. The molecule has 0 N–H and O–H groups in total. The van der Waals surface area contributed by atoms with E-state index in [9.17, 15) is 4.79 Å². The lowest BCUT2D eigenvalue weighted by molar-refractivity contribution is 0.0826. The number of methoxy groups -OCH3 is 1. The molecule has 0 radical (unpaired) electrons. The molecule has 5 rings (SSSR count). The minimum atomic E-state index is 0.110. The SMILES string of the molecule is CCn1cnnc1CN1C[C@H]2C[C@@H](C1)[C@H](Cc1cccc(OC)c1)n1c2cccc1=O. The van der Waals surface area contributed by atoms with E-state index >= 15 is 0 Å². The number of hydrogen-bond donors (Lipinski definition) is 0. The molecular weight excluding hydrogens is 390 g/mol. The van der Waals surface area contributed by atoms with Crippen LogP contribution in [-0.4, -0.2) is 44.4 Å². The van der Waals surface area contributed by atoms with Crippen LogP contribution in [0.2, 0.25) is 0 Å². The molecule has 1 fully saturated rings. The maximum atomic E-state index is 12.9. The van der Waals surface area contributed by atoms with Crippen molar-refractivity contribution in [1.82, 2.24) is 24.2 Å². The maximum Gasteiger partial charge on any atom is 0.251 e. The zero-order chi connectivity index (χ0) is 21.4. The average Bonchev–Trinajstić information content (AvgIpc) is 3.24. The van der Waals surface area contributed by atoms with Gasteiger partial charge in [0, 0.05) is 43.4 Å². The molecule has 2 aromatic heterocycles. The molecule has 0 spiro atoms. The van der Waals surface area contributed by atoms with E-state index in [0.29, 0.717) is 11.8 Å². The van der Waals surface area contributed by atoms with Gasteiger partial charge in [0.05, 0.1) is 13.7 Å². The molecule has 3 atom stereocenters. The van der Waals surface area contributed by atoms with Gasteiger partial charge in [0.15, 0.2) is 0 Å². The average molecular weight is 420 g/mol. The summed E-state index contributed by atoms with van der Waals surface area (Å²) in [5.74, 6) is 2.65. The van der Waals surface area contributed by atoms with Gasteiger partial charge in [-0.3, -0.25) is 9.69 Å². The van der Waals surface area contributed by atoms with E-state index in [1.165, 1.54) is 11.3 Å². The highest BCUT2D eigenvalue weighted by Crippen LogP contribution is 2.42. The monoisotopic (exact) mass is 419 g/mol. The number of fused-ring (bicyclic) bond motifs is 4. The molecule has 7 heteroatoms. The number of ether oxygens (including phenoxy) is 1. The molecule has 0 unspecified atom stereocenters. The first-order valence-electron chi connectivity index (χ1n) is 11.1. The summed E-state index contributed by atoms with van der Waals surface area (Å²) in [6.07, 6.45) is 3.75. The minimum Gasteiger partial charge on any atom is -0.497 e. The largest absolute Gasteiger partial charge is 0.497 e.